The Balaban J connectivity index is 1.71. The third kappa shape index (κ3) is 3.36. The third-order valence-electron chi connectivity index (χ3n) is 5.23. The summed E-state index contributed by atoms with van der Waals surface area (Å²) in [6, 6.07) is 2.02. The quantitative estimate of drug-likeness (QED) is 0.746. The van der Waals surface area contributed by atoms with Crippen molar-refractivity contribution < 1.29 is 22.7 Å². The average molecular weight is 437 g/mol. The van der Waals surface area contributed by atoms with Gasteiger partial charge in [-0.2, -0.15) is 0 Å². The highest BCUT2D eigenvalue weighted by molar-refractivity contribution is 8.14. The number of alkyl halides is 1. The molecule has 1 aromatic heterocycles. The second-order valence-electron chi connectivity index (χ2n) is 7.13. The monoisotopic (exact) mass is 437 g/mol. The molecular weight excluding hydrogens is 419 g/mol. The zero-order chi connectivity index (χ0) is 21.6. The van der Waals surface area contributed by atoms with Gasteiger partial charge >= 0.3 is 0 Å². The summed E-state index contributed by atoms with van der Waals surface area (Å²) in [5, 5.41) is 2.61. The minimum atomic E-state index is -1.61. The van der Waals surface area contributed by atoms with Crippen LogP contribution in [0.15, 0.2) is 23.3 Å². The second-order valence-corrected chi connectivity index (χ2v) is 8.39. The number of nitrogens with two attached hydrogens (primary N) is 1. The number of aryl methyl sites for hydroxylation is 1. The van der Waals surface area contributed by atoms with Crippen molar-refractivity contribution in [1.82, 2.24) is 9.97 Å². The third-order valence-corrected chi connectivity index (χ3v) is 6.39. The van der Waals surface area contributed by atoms with Crippen LogP contribution < -0.4 is 15.8 Å². The number of fused-ring (bicyclic) bond motifs is 1. The molecule has 1 aliphatic carbocycles. The van der Waals surface area contributed by atoms with E-state index in [1.54, 1.807) is 6.92 Å². The Morgan fingerprint density at radius 2 is 2.20 bits per heavy atom. The number of amidine groups is 1. The minimum Gasteiger partial charge on any atom is -0.480 e. The fourth-order valence-electron chi connectivity index (χ4n) is 3.67. The van der Waals surface area contributed by atoms with Gasteiger partial charge in [0.1, 0.15) is 17.9 Å². The Kier molecular flexibility index (Phi) is 5.08. The number of benzene rings is 1. The lowest BCUT2D eigenvalue weighted by molar-refractivity contribution is 0.102. The number of amides is 1. The Labute approximate surface area is 174 Å². The van der Waals surface area contributed by atoms with Gasteiger partial charge in [0.05, 0.1) is 19.0 Å². The number of carbonyl (C=O) groups excluding carboxylic acids is 1. The zero-order valence-corrected chi connectivity index (χ0v) is 16.9. The summed E-state index contributed by atoms with van der Waals surface area (Å²) in [7, 11) is 1.41. The molecule has 2 heterocycles. The molecule has 1 aromatic carbocycles. The van der Waals surface area contributed by atoms with Gasteiger partial charge in [0, 0.05) is 28.5 Å². The van der Waals surface area contributed by atoms with Crippen molar-refractivity contribution in [2.75, 3.05) is 19.1 Å². The van der Waals surface area contributed by atoms with E-state index in [9.17, 15) is 18.0 Å². The molecule has 1 saturated carbocycles. The molecule has 11 heteroatoms. The molecule has 0 radical (unpaired) electrons. The molecule has 4 rings (SSSR count). The molecule has 2 aliphatic rings. The first-order valence-electron chi connectivity index (χ1n) is 9.05. The van der Waals surface area contributed by atoms with Crippen LogP contribution >= 0.6 is 11.8 Å². The maximum atomic E-state index is 14.7. The number of rotatable bonds is 5. The van der Waals surface area contributed by atoms with Crippen LogP contribution in [-0.2, 0) is 5.54 Å². The van der Waals surface area contributed by atoms with Crippen LogP contribution in [0.25, 0.3) is 0 Å². The molecule has 1 fully saturated rings. The maximum absolute atomic E-state index is 14.7. The molecule has 0 saturated heterocycles. The van der Waals surface area contributed by atoms with E-state index in [4.69, 9.17) is 10.5 Å². The SMILES string of the molecule is COc1cnc(C(=O)Nc2cc(F)c(F)c([C@@]3(CF)N=C(N)SC4CC43)c2)c(C)n1. The number of aliphatic imine (C=N–C) groups is 1. The van der Waals surface area contributed by atoms with Gasteiger partial charge in [-0.25, -0.2) is 28.1 Å². The molecule has 2 aromatic rings. The number of methoxy groups -OCH3 is 1. The summed E-state index contributed by atoms with van der Waals surface area (Å²) < 4.78 is 48.2. The predicted molar refractivity (Wildman–Crippen MR) is 106 cm³/mol. The first-order chi connectivity index (χ1) is 14.3. The Bertz CT molecular complexity index is 1070. The standard InChI is InChI=1S/C19H18F3N5O2S/c1-8-16(24-6-14(25-8)29-2)17(28)26-9-3-11(15(22)12(21)4-9)19(7-20)10-5-13(10)30-18(23)27-19/h3-4,6,10,13H,5,7H2,1-2H3,(H2,23,27)(H,26,28)/t10?,13?,19-/m0/s1. The van der Waals surface area contributed by atoms with Gasteiger partial charge in [-0.3, -0.25) is 4.79 Å². The summed E-state index contributed by atoms with van der Waals surface area (Å²) in [6.45, 7) is 0.524. The lowest BCUT2D eigenvalue weighted by Gasteiger charge is -2.31. The van der Waals surface area contributed by atoms with E-state index in [0.717, 1.165) is 6.07 Å². The van der Waals surface area contributed by atoms with Crippen LogP contribution in [-0.4, -0.2) is 40.1 Å². The van der Waals surface area contributed by atoms with Crippen molar-refractivity contribution in [1.29, 1.82) is 0 Å². The summed E-state index contributed by atoms with van der Waals surface area (Å²) in [5.41, 5.74) is 4.14. The number of aromatic nitrogens is 2. The number of halogens is 3. The van der Waals surface area contributed by atoms with Crippen molar-refractivity contribution in [2.24, 2.45) is 16.6 Å². The molecule has 3 N–H and O–H groups in total. The van der Waals surface area contributed by atoms with E-state index in [1.807, 2.05) is 0 Å². The van der Waals surface area contributed by atoms with Crippen molar-refractivity contribution >= 4 is 28.5 Å². The lowest BCUT2D eigenvalue weighted by Crippen LogP contribution is -2.37. The van der Waals surface area contributed by atoms with Gasteiger partial charge in [0.15, 0.2) is 16.8 Å². The van der Waals surface area contributed by atoms with Crippen molar-refractivity contribution in [2.45, 2.75) is 24.1 Å². The van der Waals surface area contributed by atoms with Gasteiger partial charge in [-0.05, 0) is 19.4 Å². The number of nitrogens with zero attached hydrogens (tertiary/aromatic N) is 3. The maximum Gasteiger partial charge on any atom is 0.276 e. The van der Waals surface area contributed by atoms with Gasteiger partial charge in [-0.1, -0.05) is 11.8 Å². The van der Waals surface area contributed by atoms with Crippen LogP contribution in [0.3, 0.4) is 0 Å². The minimum absolute atomic E-state index is 0.0104. The zero-order valence-electron chi connectivity index (χ0n) is 16.1. The molecule has 0 bridgehead atoms. The molecule has 1 aliphatic heterocycles. The van der Waals surface area contributed by atoms with Crippen LogP contribution in [0.2, 0.25) is 0 Å². The van der Waals surface area contributed by atoms with Gasteiger partial charge in [0.25, 0.3) is 5.91 Å². The molecule has 3 atom stereocenters. The van der Waals surface area contributed by atoms with E-state index in [-0.39, 0.29) is 44.9 Å². The number of ether oxygens (including phenoxy) is 1. The highest BCUT2D eigenvalue weighted by Crippen LogP contribution is 2.58. The Hall–Kier alpha value is -2.82. The predicted octanol–water partition coefficient (Wildman–Crippen LogP) is 2.94. The van der Waals surface area contributed by atoms with E-state index in [0.29, 0.717) is 6.42 Å². The average Bonchev–Trinajstić information content (AvgIpc) is 3.49. The normalized spacial score (nSPS) is 24.6. The number of hydrogen-bond donors (Lipinski definition) is 2. The topological polar surface area (TPSA) is 102 Å². The lowest BCUT2D eigenvalue weighted by atomic mass is 9.85. The fourth-order valence-corrected chi connectivity index (χ4v) is 4.89. The van der Waals surface area contributed by atoms with Crippen molar-refractivity contribution in [3.05, 3.63) is 46.9 Å². The number of hydrogen-bond acceptors (Lipinski definition) is 7. The molecule has 158 valence electrons. The van der Waals surface area contributed by atoms with E-state index in [1.165, 1.54) is 31.1 Å². The van der Waals surface area contributed by atoms with Crippen molar-refractivity contribution in [3.8, 4) is 5.88 Å². The number of thioether (sulfide) groups is 1. The highest BCUT2D eigenvalue weighted by Gasteiger charge is 2.58. The van der Waals surface area contributed by atoms with Gasteiger partial charge in [-0.15, -0.1) is 0 Å². The van der Waals surface area contributed by atoms with Crippen LogP contribution in [0, 0.1) is 24.5 Å². The number of anilines is 1. The van der Waals surface area contributed by atoms with Gasteiger partial charge < -0.3 is 15.8 Å². The molecular formula is C19H18F3N5O2S. The van der Waals surface area contributed by atoms with Crippen LogP contribution in [0.4, 0.5) is 18.9 Å². The molecule has 30 heavy (non-hydrogen) atoms. The fraction of sp³-hybridized carbons (Fsp3) is 0.368. The van der Waals surface area contributed by atoms with E-state index >= 15 is 0 Å². The second kappa shape index (κ2) is 7.46. The Morgan fingerprint density at radius 1 is 1.43 bits per heavy atom. The molecule has 2 unspecified atom stereocenters. The largest absolute Gasteiger partial charge is 0.480 e. The number of nitrogens with one attached hydrogen (secondary N) is 1. The smallest absolute Gasteiger partial charge is 0.276 e. The van der Waals surface area contributed by atoms with Crippen LogP contribution in [0.5, 0.6) is 5.88 Å². The first-order valence-corrected chi connectivity index (χ1v) is 9.93. The van der Waals surface area contributed by atoms with Crippen LogP contribution in [0.1, 0.15) is 28.2 Å². The summed E-state index contributed by atoms with van der Waals surface area (Å²) in [4.78, 5) is 24.8. The molecule has 1 amide bonds. The van der Waals surface area contributed by atoms with E-state index < -0.39 is 29.8 Å². The molecule has 0 spiro atoms. The van der Waals surface area contributed by atoms with Crippen molar-refractivity contribution in [3.63, 3.8) is 0 Å². The number of carbonyl (C=O) groups is 1. The Morgan fingerprint density at radius 3 is 2.87 bits per heavy atom. The van der Waals surface area contributed by atoms with Gasteiger partial charge in [0.2, 0.25) is 5.88 Å². The van der Waals surface area contributed by atoms with E-state index in [2.05, 4.69) is 20.3 Å². The first kappa shape index (κ1) is 20.5. The molecule has 7 nitrogen and oxygen atoms in total. The summed E-state index contributed by atoms with van der Waals surface area (Å²) in [6.07, 6.45) is 1.86. The summed E-state index contributed by atoms with van der Waals surface area (Å²) >= 11 is 1.30. The summed E-state index contributed by atoms with van der Waals surface area (Å²) in [5.74, 6) is -3.18. The highest BCUT2D eigenvalue weighted by atomic mass is 32.2.